The number of fused-ring (bicyclic) bond motifs is 1. The van der Waals surface area contributed by atoms with Gasteiger partial charge in [0.1, 0.15) is 11.4 Å². The van der Waals surface area contributed by atoms with Crippen molar-refractivity contribution >= 4 is 22.2 Å². The lowest BCUT2D eigenvalue weighted by Gasteiger charge is -2.36. The molecule has 8 aromatic rings. The van der Waals surface area contributed by atoms with Gasteiger partial charge < -0.3 is 0 Å². The summed E-state index contributed by atoms with van der Waals surface area (Å²) in [6.07, 6.45) is 2.77. The third kappa shape index (κ3) is 5.95. The molecule has 0 N–H and O–H groups in total. The molecule has 8 heteroatoms. The summed E-state index contributed by atoms with van der Waals surface area (Å²) < 4.78 is 3.83. The first-order valence-corrected chi connectivity index (χ1v) is 18.6. The number of unbranched alkanes of at least 4 members (excludes halogenated alkanes) is 1. The Balaban J connectivity index is 1.21. The van der Waals surface area contributed by atoms with Gasteiger partial charge in [-0.25, -0.2) is 9.67 Å². The Bertz CT molecular complexity index is 2410. The van der Waals surface area contributed by atoms with Gasteiger partial charge in [-0.15, -0.1) is 5.10 Å². The molecule has 7 nitrogen and oxygen atoms in total. The largest absolute Gasteiger partial charge is 0.292 e. The van der Waals surface area contributed by atoms with Crippen LogP contribution in [0.3, 0.4) is 0 Å². The third-order valence-electron chi connectivity index (χ3n) is 9.81. The van der Waals surface area contributed by atoms with Gasteiger partial charge in [0, 0.05) is 22.9 Å². The van der Waals surface area contributed by atoms with E-state index in [2.05, 4.69) is 120 Å². The van der Waals surface area contributed by atoms with Gasteiger partial charge in [0.2, 0.25) is 0 Å². The lowest BCUT2D eigenvalue weighted by atomic mass is 9.77. The second-order valence-electron chi connectivity index (χ2n) is 13.2. The van der Waals surface area contributed by atoms with Crippen LogP contribution in [-0.2, 0) is 18.5 Å². The van der Waals surface area contributed by atoms with E-state index in [1.165, 1.54) is 0 Å². The minimum atomic E-state index is -0.846. The number of thiophene rings is 1. The summed E-state index contributed by atoms with van der Waals surface area (Å²) in [6, 6.07) is 45.7. The molecule has 3 heterocycles. The summed E-state index contributed by atoms with van der Waals surface area (Å²) in [4.78, 5) is 18.8. The standard InChI is InChI=1S/C44H38N6OS/c1-3-4-20-41-45-40-26-21-31(2)27-37(40)43(51)49(41)28-32-22-24-33(25-23-32)38-29-52-30-39(38)42-46-47-48-50(42)44(34-14-8-5-9-15-34,35-16-10-6-11-17-35)36-18-12-7-13-19-36/h5-19,21-27,29-30H,3-4,20,28H2,1-2H3. The van der Waals surface area contributed by atoms with Crippen LogP contribution in [0.1, 0.15) is 53.4 Å². The number of tetrazole rings is 1. The quantitative estimate of drug-likeness (QED) is 0.126. The topological polar surface area (TPSA) is 78.5 Å². The summed E-state index contributed by atoms with van der Waals surface area (Å²) in [5, 5.41) is 18.7. The highest BCUT2D eigenvalue weighted by atomic mass is 32.1. The van der Waals surface area contributed by atoms with E-state index in [1.807, 2.05) is 52.6 Å². The van der Waals surface area contributed by atoms with Crippen LogP contribution in [0.25, 0.3) is 33.4 Å². The van der Waals surface area contributed by atoms with Crippen molar-refractivity contribution in [3.8, 4) is 22.5 Å². The maximum atomic E-state index is 13.8. The summed E-state index contributed by atoms with van der Waals surface area (Å²) in [7, 11) is 0. The summed E-state index contributed by atoms with van der Waals surface area (Å²) in [6.45, 7) is 4.63. The molecule has 8 rings (SSSR count). The molecule has 0 saturated heterocycles. The molecule has 0 radical (unpaired) electrons. The number of benzene rings is 5. The van der Waals surface area contributed by atoms with Crippen LogP contribution < -0.4 is 5.56 Å². The molecule has 0 saturated carbocycles. The zero-order valence-corrected chi connectivity index (χ0v) is 30.0. The Morgan fingerprint density at radius 1 is 0.731 bits per heavy atom. The predicted octanol–water partition coefficient (Wildman–Crippen LogP) is 9.32. The lowest BCUT2D eigenvalue weighted by molar-refractivity contribution is 0.451. The van der Waals surface area contributed by atoms with Crippen molar-refractivity contribution in [1.82, 2.24) is 29.8 Å². The minimum Gasteiger partial charge on any atom is -0.292 e. The monoisotopic (exact) mass is 698 g/mol. The first-order valence-electron chi connectivity index (χ1n) is 17.7. The van der Waals surface area contributed by atoms with Gasteiger partial charge in [-0.3, -0.25) is 9.36 Å². The molecule has 0 fully saturated rings. The van der Waals surface area contributed by atoms with E-state index in [9.17, 15) is 4.79 Å². The number of aromatic nitrogens is 6. The number of hydrogen-bond donors (Lipinski definition) is 0. The van der Waals surface area contributed by atoms with E-state index in [4.69, 9.17) is 15.3 Å². The van der Waals surface area contributed by atoms with Crippen molar-refractivity contribution in [2.45, 2.75) is 45.2 Å². The van der Waals surface area contributed by atoms with Crippen LogP contribution in [0, 0.1) is 6.92 Å². The predicted molar refractivity (Wildman–Crippen MR) is 210 cm³/mol. The van der Waals surface area contributed by atoms with Crippen molar-refractivity contribution < 1.29 is 0 Å². The zero-order valence-electron chi connectivity index (χ0n) is 29.2. The first kappa shape index (κ1) is 33.2. The lowest BCUT2D eigenvalue weighted by Crippen LogP contribution is -2.39. The van der Waals surface area contributed by atoms with Crippen LogP contribution in [0.4, 0.5) is 0 Å². The van der Waals surface area contributed by atoms with Crippen LogP contribution in [-0.4, -0.2) is 29.8 Å². The van der Waals surface area contributed by atoms with Gasteiger partial charge >= 0.3 is 0 Å². The molecule has 0 bridgehead atoms. The Morgan fingerprint density at radius 2 is 1.35 bits per heavy atom. The van der Waals surface area contributed by atoms with Crippen molar-refractivity contribution in [3.05, 3.63) is 188 Å². The van der Waals surface area contributed by atoms with Crippen LogP contribution >= 0.6 is 11.3 Å². The third-order valence-corrected chi connectivity index (χ3v) is 10.6. The fourth-order valence-corrected chi connectivity index (χ4v) is 8.06. The maximum absolute atomic E-state index is 13.8. The van der Waals surface area contributed by atoms with Gasteiger partial charge in [0.15, 0.2) is 5.82 Å². The second-order valence-corrected chi connectivity index (χ2v) is 13.9. The first-order chi connectivity index (χ1) is 25.6. The van der Waals surface area contributed by atoms with Crippen molar-refractivity contribution in [3.63, 3.8) is 0 Å². The summed E-state index contributed by atoms with van der Waals surface area (Å²) >= 11 is 1.62. The molecule has 5 aromatic carbocycles. The second kappa shape index (κ2) is 14.3. The highest BCUT2D eigenvalue weighted by Gasteiger charge is 2.42. The van der Waals surface area contributed by atoms with E-state index in [0.29, 0.717) is 17.8 Å². The Hall–Kier alpha value is -5.99. The Labute approximate surface area is 306 Å². The molecule has 0 amide bonds. The van der Waals surface area contributed by atoms with Crippen LogP contribution in [0.5, 0.6) is 0 Å². The van der Waals surface area contributed by atoms with E-state index >= 15 is 0 Å². The fraction of sp³-hybridized carbons (Fsp3) is 0.159. The SMILES string of the molecule is CCCCc1nc2ccc(C)cc2c(=O)n1Cc1ccc(-c2cscc2-c2nnnn2C(c2ccccc2)(c2ccccc2)c2ccccc2)cc1. The average molecular weight is 699 g/mol. The molecule has 0 atom stereocenters. The smallest absolute Gasteiger partial charge is 0.261 e. The number of hydrogen-bond acceptors (Lipinski definition) is 6. The number of rotatable bonds is 11. The molecule has 3 aromatic heterocycles. The van der Waals surface area contributed by atoms with Crippen molar-refractivity contribution in [1.29, 1.82) is 0 Å². The molecular weight excluding hydrogens is 661 g/mol. The van der Waals surface area contributed by atoms with Gasteiger partial charge in [-0.05, 0) is 69.1 Å². The molecule has 0 spiro atoms. The number of aryl methyl sites for hydroxylation is 2. The molecule has 0 aliphatic rings. The average Bonchev–Trinajstić information content (AvgIpc) is 3.88. The van der Waals surface area contributed by atoms with Gasteiger partial charge in [0.25, 0.3) is 5.56 Å². The maximum Gasteiger partial charge on any atom is 0.261 e. The van der Waals surface area contributed by atoms with Crippen molar-refractivity contribution in [2.24, 2.45) is 0 Å². The van der Waals surface area contributed by atoms with Crippen LogP contribution in [0.15, 0.2) is 149 Å². The van der Waals surface area contributed by atoms with E-state index in [1.54, 1.807) is 11.3 Å². The van der Waals surface area contributed by atoms with Crippen molar-refractivity contribution in [2.75, 3.05) is 0 Å². The fourth-order valence-electron chi connectivity index (χ4n) is 7.22. The highest BCUT2D eigenvalue weighted by molar-refractivity contribution is 7.08. The molecule has 0 unspecified atom stereocenters. The van der Waals surface area contributed by atoms with Gasteiger partial charge in [-0.1, -0.05) is 140 Å². The molecular formula is C44H38N6OS. The normalized spacial score (nSPS) is 11.7. The Kier molecular flexibility index (Phi) is 9.14. The van der Waals surface area contributed by atoms with Gasteiger partial charge in [-0.2, -0.15) is 11.3 Å². The Morgan fingerprint density at radius 3 is 1.96 bits per heavy atom. The minimum absolute atomic E-state index is 0.00886. The van der Waals surface area contributed by atoms with E-state index in [-0.39, 0.29) is 5.56 Å². The highest BCUT2D eigenvalue weighted by Crippen LogP contribution is 2.44. The van der Waals surface area contributed by atoms with E-state index in [0.717, 1.165) is 75.1 Å². The summed E-state index contributed by atoms with van der Waals surface area (Å²) in [5.41, 5.74) is 8.19. The van der Waals surface area contributed by atoms with Crippen LogP contribution in [0.2, 0.25) is 0 Å². The molecule has 0 aliphatic carbocycles. The molecule has 52 heavy (non-hydrogen) atoms. The zero-order chi connectivity index (χ0) is 35.5. The summed E-state index contributed by atoms with van der Waals surface area (Å²) in [5.74, 6) is 1.50. The molecule has 0 aliphatic heterocycles. The van der Waals surface area contributed by atoms with Gasteiger partial charge in [0.05, 0.1) is 17.4 Å². The molecule has 256 valence electrons. The van der Waals surface area contributed by atoms with E-state index < -0.39 is 5.54 Å². The number of nitrogens with zero attached hydrogens (tertiary/aromatic N) is 6.